The molecular formula is C13H26S2. The van der Waals surface area contributed by atoms with Gasteiger partial charge in [-0.25, -0.2) is 0 Å². The average molecular weight is 246 g/mol. The molecule has 1 rings (SSSR count). The molecule has 1 fully saturated rings. The molecule has 0 aromatic carbocycles. The molecule has 90 valence electrons. The van der Waals surface area contributed by atoms with Crippen molar-refractivity contribution in [3.05, 3.63) is 0 Å². The van der Waals surface area contributed by atoms with Gasteiger partial charge in [-0.3, -0.25) is 0 Å². The maximum atomic E-state index is 4.61. The van der Waals surface area contributed by atoms with Gasteiger partial charge in [0.2, 0.25) is 0 Å². The predicted octanol–water partition coefficient (Wildman–Crippen LogP) is 4.79. The van der Waals surface area contributed by atoms with Crippen molar-refractivity contribution in [2.45, 2.75) is 64.0 Å². The molecule has 0 radical (unpaired) electrons. The minimum absolute atomic E-state index is 0.405. The van der Waals surface area contributed by atoms with Crippen molar-refractivity contribution in [1.29, 1.82) is 0 Å². The summed E-state index contributed by atoms with van der Waals surface area (Å²) in [5, 5.41) is 0. The Labute approximate surface area is 105 Å². The highest BCUT2D eigenvalue weighted by Crippen LogP contribution is 2.41. The van der Waals surface area contributed by atoms with Gasteiger partial charge in [0.15, 0.2) is 0 Å². The zero-order chi connectivity index (χ0) is 11.4. The lowest BCUT2D eigenvalue weighted by Gasteiger charge is -2.33. The van der Waals surface area contributed by atoms with E-state index in [1.165, 1.54) is 44.3 Å². The third-order valence-electron chi connectivity index (χ3n) is 3.31. The van der Waals surface area contributed by atoms with Gasteiger partial charge in [-0.1, -0.05) is 46.5 Å². The van der Waals surface area contributed by atoms with Gasteiger partial charge in [0.1, 0.15) is 0 Å². The third kappa shape index (κ3) is 5.04. The van der Waals surface area contributed by atoms with Crippen LogP contribution < -0.4 is 0 Å². The Balaban J connectivity index is 2.50. The molecule has 0 spiro atoms. The topological polar surface area (TPSA) is 0 Å². The smallest absolute Gasteiger partial charge is 0.00753 e. The Bertz CT molecular complexity index is 173. The largest absolute Gasteiger partial charge is 0.179 e. The van der Waals surface area contributed by atoms with Crippen LogP contribution in [0, 0.1) is 5.41 Å². The molecule has 1 aliphatic rings. The van der Waals surface area contributed by atoms with Crippen LogP contribution in [0.2, 0.25) is 0 Å². The fourth-order valence-corrected chi connectivity index (χ4v) is 3.91. The molecule has 0 atom stereocenters. The van der Waals surface area contributed by atoms with Gasteiger partial charge in [0, 0.05) is 10.5 Å². The molecule has 0 heterocycles. The van der Waals surface area contributed by atoms with E-state index in [2.05, 4.69) is 45.2 Å². The summed E-state index contributed by atoms with van der Waals surface area (Å²) in [4.78, 5) is 0. The van der Waals surface area contributed by atoms with Crippen LogP contribution in [0.5, 0.6) is 0 Å². The molecule has 0 saturated heterocycles. The second kappa shape index (κ2) is 5.86. The minimum Gasteiger partial charge on any atom is -0.179 e. The second-order valence-corrected chi connectivity index (χ2v) is 8.09. The zero-order valence-electron chi connectivity index (χ0n) is 10.5. The Hall–Kier alpha value is 0.700. The van der Waals surface area contributed by atoms with Gasteiger partial charge < -0.3 is 0 Å². The Kier molecular flexibility index (Phi) is 5.38. The van der Waals surface area contributed by atoms with Gasteiger partial charge in [0.25, 0.3) is 0 Å². The van der Waals surface area contributed by atoms with Crippen LogP contribution in [0.1, 0.15) is 59.3 Å². The molecule has 0 amide bonds. The van der Waals surface area contributed by atoms with Gasteiger partial charge in [0.05, 0.1) is 0 Å². The number of thiol groups is 1. The minimum atomic E-state index is 0.405. The summed E-state index contributed by atoms with van der Waals surface area (Å²) in [6.45, 7) is 6.96. The maximum absolute atomic E-state index is 4.61. The molecule has 2 heteroatoms. The first kappa shape index (κ1) is 13.8. The van der Waals surface area contributed by atoms with E-state index >= 15 is 0 Å². The van der Waals surface area contributed by atoms with Gasteiger partial charge >= 0.3 is 0 Å². The van der Waals surface area contributed by atoms with Crippen molar-refractivity contribution in [3.63, 3.8) is 0 Å². The molecule has 0 N–H and O–H groups in total. The molecule has 15 heavy (non-hydrogen) atoms. The molecule has 0 bridgehead atoms. The van der Waals surface area contributed by atoms with E-state index in [9.17, 15) is 0 Å². The van der Waals surface area contributed by atoms with E-state index in [1.807, 2.05) is 0 Å². The summed E-state index contributed by atoms with van der Waals surface area (Å²) < 4.78 is 0.405. The maximum Gasteiger partial charge on any atom is 0.00753 e. The Morgan fingerprint density at radius 1 is 1.07 bits per heavy atom. The van der Waals surface area contributed by atoms with Crippen LogP contribution in [0.25, 0.3) is 0 Å². The summed E-state index contributed by atoms with van der Waals surface area (Å²) in [5.41, 5.74) is 0.539. The summed E-state index contributed by atoms with van der Waals surface area (Å²) >= 11 is 6.74. The lowest BCUT2D eigenvalue weighted by atomic mass is 9.84. The zero-order valence-corrected chi connectivity index (χ0v) is 12.2. The third-order valence-corrected chi connectivity index (χ3v) is 5.60. The van der Waals surface area contributed by atoms with E-state index in [-0.39, 0.29) is 0 Å². The van der Waals surface area contributed by atoms with Crippen LogP contribution in [-0.2, 0) is 0 Å². The van der Waals surface area contributed by atoms with E-state index < -0.39 is 0 Å². The van der Waals surface area contributed by atoms with Crippen molar-refractivity contribution in [1.82, 2.24) is 0 Å². The van der Waals surface area contributed by atoms with Gasteiger partial charge in [-0.15, -0.1) is 0 Å². The highest BCUT2D eigenvalue weighted by atomic mass is 32.2. The molecule has 0 nitrogen and oxygen atoms in total. The lowest BCUT2D eigenvalue weighted by Crippen LogP contribution is -2.27. The van der Waals surface area contributed by atoms with Crippen molar-refractivity contribution >= 4 is 24.4 Å². The van der Waals surface area contributed by atoms with E-state index in [0.717, 1.165) is 5.75 Å². The van der Waals surface area contributed by atoms with E-state index in [1.54, 1.807) is 0 Å². The van der Waals surface area contributed by atoms with Crippen LogP contribution in [-0.4, -0.2) is 16.3 Å². The van der Waals surface area contributed by atoms with E-state index in [0.29, 0.717) is 10.2 Å². The van der Waals surface area contributed by atoms with Crippen LogP contribution in [0.15, 0.2) is 0 Å². The van der Waals surface area contributed by atoms with Crippen molar-refractivity contribution in [3.8, 4) is 0 Å². The fourth-order valence-electron chi connectivity index (χ4n) is 2.20. The van der Waals surface area contributed by atoms with E-state index in [4.69, 9.17) is 0 Å². The van der Waals surface area contributed by atoms with Crippen LogP contribution in [0.3, 0.4) is 0 Å². The van der Waals surface area contributed by atoms with Crippen molar-refractivity contribution in [2.24, 2.45) is 5.41 Å². The summed E-state index contributed by atoms with van der Waals surface area (Å²) in [7, 11) is 0. The summed E-state index contributed by atoms with van der Waals surface area (Å²) in [6.07, 6.45) is 8.53. The Morgan fingerprint density at radius 2 is 1.60 bits per heavy atom. The standard InChI is InChI=1S/C13H26S2/c1-12(2,3)15-11-13(10-14)8-6-4-5-7-9-13/h14H,4-11H2,1-3H3. The average Bonchev–Trinajstić information content (AvgIpc) is 2.40. The molecular weight excluding hydrogens is 220 g/mol. The van der Waals surface area contributed by atoms with Crippen LogP contribution >= 0.6 is 24.4 Å². The van der Waals surface area contributed by atoms with Gasteiger partial charge in [-0.05, 0) is 24.0 Å². The quantitative estimate of drug-likeness (QED) is 0.552. The number of rotatable bonds is 3. The molecule has 0 aliphatic heterocycles. The molecule has 0 unspecified atom stereocenters. The first-order valence-electron chi connectivity index (χ1n) is 6.22. The highest BCUT2D eigenvalue weighted by Gasteiger charge is 2.31. The molecule has 0 aromatic rings. The lowest BCUT2D eigenvalue weighted by molar-refractivity contribution is 0.331. The predicted molar refractivity (Wildman–Crippen MR) is 76.2 cm³/mol. The fraction of sp³-hybridized carbons (Fsp3) is 1.00. The molecule has 1 saturated carbocycles. The van der Waals surface area contributed by atoms with Crippen LogP contribution in [0.4, 0.5) is 0 Å². The highest BCUT2D eigenvalue weighted by molar-refractivity contribution is 8.00. The number of thioether (sulfide) groups is 1. The summed E-state index contributed by atoms with van der Waals surface area (Å²) in [5.74, 6) is 2.38. The summed E-state index contributed by atoms with van der Waals surface area (Å²) in [6, 6.07) is 0. The second-order valence-electron chi connectivity index (χ2n) is 5.97. The number of hydrogen-bond donors (Lipinski definition) is 1. The SMILES string of the molecule is CC(C)(C)SCC1(CS)CCCCCC1. The van der Waals surface area contributed by atoms with Crippen molar-refractivity contribution in [2.75, 3.05) is 11.5 Å². The number of hydrogen-bond acceptors (Lipinski definition) is 2. The first-order valence-corrected chi connectivity index (χ1v) is 7.84. The normalized spacial score (nSPS) is 22.4. The first-order chi connectivity index (χ1) is 6.97. The van der Waals surface area contributed by atoms with Crippen molar-refractivity contribution < 1.29 is 0 Å². The van der Waals surface area contributed by atoms with Gasteiger partial charge in [-0.2, -0.15) is 24.4 Å². The monoisotopic (exact) mass is 246 g/mol. The molecule has 1 aliphatic carbocycles. The Morgan fingerprint density at radius 3 is 2.00 bits per heavy atom. The molecule has 0 aromatic heterocycles.